The fourth-order valence-electron chi connectivity index (χ4n) is 5.67. The Morgan fingerprint density at radius 3 is 1.78 bits per heavy atom. The van der Waals surface area contributed by atoms with Gasteiger partial charge in [-0.25, -0.2) is 0 Å². The molecule has 0 unspecified atom stereocenters. The van der Waals surface area contributed by atoms with E-state index in [1.165, 1.54) is 53.6 Å². The van der Waals surface area contributed by atoms with E-state index in [2.05, 4.69) is 121 Å². The van der Waals surface area contributed by atoms with Crippen LogP contribution in [0, 0.1) is 0 Å². The topological polar surface area (TPSA) is 0 Å². The van der Waals surface area contributed by atoms with Gasteiger partial charge < -0.3 is 0 Å². The average molecular weight is 425 g/mol. The first-order chi connectivity index (χ1) is 15.9. The minimum atomic E-state index is -0.321. The Bertz CT molecular complexity index is 1580. The van der Waals surface area contributed by atoms with Gasteiger partial charge in [0, 0.05) is 20.2 Å². The number of rotatable bonds is 2. The predicted octanol–water partition coefficient (Wildman–Crippen LogP) is 8.42. The first-order valence-corrected chi connectivity index (χ1v) is 11.9. The molecule has 0 bridgehead atoms. The van der Waals surface area contributed by atoms with Gasteiger partial charge in [0.15, 0.2) is 0 Å². The largest absolute Gasteiger partial charge is 0.135 e. The molecule has 5 aromatic carbocycles. The summed E-state index contributed by atoms with van der Waals surface area (Å²) in [5.74, 6) is 0. The standard InChI is InChI=1S/C31H20S/c1-2-10-21(11-3-1)31(27-15-7-4-12-23(27)24-13-5-8-16-28(24)31)22-18-19-26-25-14-6-9-17-29(25)32-30(26)20-22/h1-20H. The molecule has 0 nitrogen and oxygen atoms in total. The van der Waals surface area contributed by atoms with Crippen LogP contribution in [-0.4, -0.2) is 0 Å². The zero-order chi connectivity index (χ0) is 21.1. The summed E-state index contributed by atoms with van der Waals surface area (Å²) < 4.78 is 2.70. The van der Waals surface area contributed by atoms with Crippen LogP contribution in [-0.2, 0) is 5.41 Å². The second-order valence-corrected chi connectivity index (χ2v) is 9.60. The Hall–Kier alpha value is -3.68. The fourth-order valence-corrected chi connectivity index (χ4v) is 6.82. The van der Waals surface area contributed by atoms with Crippen LogP contribution in [0.4, 0.5) is 0 Å². The molecule has 0 atom stereocenters. The molecule has 1 heterocycles. The molecule has 0 saturated heterocycles. The van der Waals surface area contributed by atoms with Crippen molar-refractivity contribution in [2.45, 2.75) is 5.41 Å². The highest BCUT2D eigenvalue weighted by atomic mass is 32.1. The molecule has 6 aromatic rings. The Labute approximate surface area is 191 Å². The van der Waals surface area contributed by atoms with Gasteiger partial charge >= 0.3 is 0 Å². The van der Waals surface area contributed by atoms with Crippen molar-refractivity contribution < 1.29 is 0 Å². The lowest BCUT2D eigenvalue weighted by Crippen LogP contribution is -2.28. The van der Waals surface area contributed by atoms with E-state index in [1.54, 1.807) is 0 Å². The molecule has 0 spiro atoms. The first-order valence-electron chi connectivity index (χ1n) is 11.0. The van der Waals surface area contributed by atoms with Gasteiger partial charge in [0.1, 0.15) is 0 Å². The minimum Gasteiger partial charge on any atom is -0.135 e. The van der Waals surface area contributed by atoms with Gasteiger partial charge in [0.25, 0.3) is 0 Å². The van der Waals surface area contributed by atoms with Crippen LogP contribution in [0.2, 0.25) is 0 Å². The summed E-state index contributed by atoms with van der Waals surface area (Å²) in [6.07, 6.45) is 0. The summed E-state index contributed by atoms with van der Waals surface area (Å²) in [6.45, 7) is 0. The smallest absolute Gasteiger partial charge is 0.0714 e. The SMILES string of the molecule is c1ccc(C2(c3ccc4c(c3)sc3ccccc34)c3ccccc3-c3ccccc32)cc1. The predicted molar refractivity (Wildman–Crippen MR) is 137 cm³/mol. The Morgan fingerprint density at radius 1 is 0.438 bits per heavy atom. The zero-order valence-electron chi connectivity index (χ0n) is 17.5. The molecule has 0 aliphatic heterocycles. The number of benzene rings is 5. The van der Waals surface area contributed by atoms with Crippen molar-refractivity contribution in [1.29, 1.82) is 0 Å². The average Bonchev–Trinajstić information content (AvgIpc) is 3.38. The summed E-state index contributed by atoms with van der Waals surface area (Å²) in [4.78, 5) is 0. The molecule has 0 N–H and O–H groups in total. The van der Waals surface area contributed by atoms with Crippen LogP contribution >= 0.6 is 11.3 Å². The lowest BCUT2D eigenvalue weighted by atomic mass is 9.67. The highest BCUT2D eigenvalue weighted by Crippen LogP contribution is 2.56. The molecule has 0 fully saturated rings. The lowest BCUT2D eigenvalue weighted by molar-refractivity contribution is 0.770. The molecule has 7 rings (SSSR count). The number of thiophene rings is 1. The third-order valence-electron chi connectivity index (χ3n) is 6.97. The van der Waals surface area contributed by atoms with Gasteiger partial charge in [0.2, 0.25) is 0 Å². The molecule has 1 aliphatic rings. The third-order valence-corrected chi connectivity index (χ3v) is 8.10. The van der Waals surface area contributed by atoms with Crippen LogP contribution in [0.3, 0.4) is 0 Å². The zero-order valence-corrected chi connectivity index (χ0v) is 18.3. The number of fused-ring (bicyclic) bond motifs is 6. The van der Waals surface area contributed by atoms with E-state index in [4.69, 9.17) is 0 Å². The number of hydrogen-bond acceptors (Lipinski definition) is 1. The molecule has 0 amide bonds. The second-order valence-electron chi connectivity index (χ2n) is 8.52. The van der Waals surface area contributed by atoms with E-state index in [-0.39, 0.29) is 5.41 Å². The molecule has 150 valence electrons. The molecule has 1 aliphatic carbocycles. The van der Waals surface area contributed by atoms with Crippen LogP contribution in [0.5, 0.6) is 0 Å². The molecule has 0 radical (unpaired) electrons. The van der Waals surface area contributed by atoms with Crippen molar-refractivity contribution in [3.8, 4) is 11.1 Å². The van der Waals surface area contributed by atoms with Gasteiger partial charge in [-0.1, -0.05) is 109 Å². The van der Waals surface area contributed by atoms with Gasteiger partial charge in [-0.2, -0.15) is 0 Å². The van der Waals surface area contributed by atoms with Crippen molar-refractivity contribution in [1.82, 2.24) is 0 Å². The van der Waals surface area contributed by atoms with Crippen molar-refractivity contribution >= 4 is 31.5 Å². The van der Waals surface area contributed by atoms with Crippen molar-refractivity contribution in [3.63, 3.8) is 0 Å². The summed E-state index contributed by atoms with van der Waals surface area (Å²) >= 11 is 1.89. The van der Waals surface area contributed by atoms with E-state index in [1.807, 2.05) is 11.3 Å². The number of hydrogen-bond donors (Lipinski definition) is 0. The summed E-state index contributed by atoms with van der Waals surface area (Å²) in [7, 11) is 0. The maximum absolute atomic E-state index is 2.44. The third kappa shape index (κ3) is 2.26. The first kappa shape index (κ1) is 17.9. The van der Waals surface area contributed by atoms with E-state index in [9.17, 15) is 0 Å². The van der Waals surface area contributed by atoms with E-state index in [0.29, 0.717) is 0 Å². The molecule has 1 heteroatoms. The second kappa shape index (κ2) is 6.66. The summed E-state index contributed by atoms with van der Waals surface area (Å²) in [6, 6.07) is 44.7. The van der Waals surface area contributed by atoms with Crippen molar-refractivity contribution in [2.75, 3.05) is 0 Å². The van der Waals surface area contributed by atoms with E-state index >= 15 is 0 Å². The van der Waals surface area contributed by atoms with Crippen LogP contribution in [0.25, 0.3) is 31.3 Å². The van der Waals surface area contributed by atoms with Crippen LogP contribution in [0.1, 0.15) is 22.3 Å². The van der Waals surface area contributed by atoms with Gasteiger partial charge in [-0.3, -0.25) is 0 Å². The molecule has 32 heavy (non-hydrogen) atoms. The van der Waals surface area contributed by atoms with E-state index in [0.717, 1.165) is 0 Å². The lowest BCUT2D eigenvalue weighted by Gasteiger charge is -2.33. The molecular weight excluding hydrogens is 404 g/mol. The Balaban J connectivity index is 1.63. The highest BCUT2D eigenvalue weighted by molar-refractivity contribution is 7.25. The fraction of sp³-hybridized carbons (Fsp3) is 0.0323. The van der Waals surface area contributed by atoms with Gasteiger partial charge in [-0.15, -0.1) is 11.3 Å². The molecule has 1 aromatic heterocycles. The van der Waals surface area contributed by atoms with Crippen molar-refractivity contribution in [2.24, 2.45) is 0 Å². The van der Waals surface area contributed by atoms with E-state index < -0.39 is 0 Å². The van der Waals surface area contributed by atoms with Gasteiger partial charge in [-0.05, 0) is 45.5 Å². The summed E-state index contributed by atoms with van der Waals surface area (Å²) in [5.41, 5.74) is 7.74. The van der Waals surface area contributed by atoms with Crippen LogP contribution < -0.4 is 0 Å². The normalized spacial score (nSPS) is 13.9. The monoisotopic (exact) mass is 424 g/mol. The van der Waals surface area contributed by atoms with Crippen molar-refractivity contribution in [3.05, 3.63) is 144 Å². The minimum absolute atomic E-state index is 0.321. The quantitative estimate of drug-likeness (QED) is 0.261. The molecule has 0 saturated carbocycles. The maximum Gasteiger partial charge on any atom is 0.0714 e. The van der Waals surface area contributed by atoms with Crippen LogP contribution in [0.15, 0.2) is 121 Å². The summed E-state index contributed by atoms with van der Waals surface area (Å²) in [5, 5.41) is 2.69. The Kier molecular flexibility index (Phi) is 3.73. The Morgan fingerprint density at radius 2 is 1.03 bits per heavy atom. The molecular formula is C31H20S. The highest BCUT2D eigenvalue weighted by Gasteiger charge is 2.45. The van der Waals surface area contributed by atoms with Gasteiger partial charge in [0.05, 0.1) is 5.41 Å². The maximum atomic E-state index is 2.44.